The van der Waals surface area contributed by atoms with Gasteiger partial charge in [-0.3, -0.25) is 9.52 Å². The van der Waals surface area contributed by atoms with Gasteiger partial charge in [0.05, 0.1) is 10.5 Å². The molecular weight excluding hydrogens is 454 g/mol. The van der Waals surface area contributed by atoms with Crippen molar-refractivity contribution >= 4 is 39.1 Å². The summed E-state index contributed by atoms with van der Waals surface area (Å²) in [5.41, 5.74) is 2.09. The molecule has 0 aliphatic carbocycles. The maximum Gasteiger partial charge on any atom is 0.261 e. The number of hydrogen-bond acceptors (Lipinski definition) is 5. The first-order chi connectivity index (χ1) is 15.9. The van der Waals surface area contributed by atoms with E-state index in [2.05, 4.69) is 16.5 Å². The number of amides is 1. The lowest BCUT2D eigenvalue weighted by Crippen LogP contribution is -2.38. The van der Waals surface area contributed by atoms with Gasteiger partial charge in [0.2, 0.25) is 0 Å². The highest BCUT2D eigenvalue weighted by molar-refractivity contribution is 7.98. The van der Waals surface area contributed by atoms with Crippen molar-refractivity contribution in [2.75, 3.05) is 42.1 Å². The zero-order chi connectivity index (χ0) is 23.4. The number of nitrogens with one attached hydrogen (secondary N) is 1. The van der Waals surface area contributed by atoms with Crippen LogP contribution in [0.25, 0.3) is 0 Å². The maximum atomic E-state index is 13.2. The molecule has 1 N–H and O–H groups in total. The van der Waals surface area contributed by atoms with Crippen molar-refractivity contribution in [1.29, 1.82) is 0 Å². The Morgan fingerprint density at radius 2 is 1.64 bits per heavy atom. The molecule has 0 radical (unpaired) electrons. The monoisotopic (exact) mass is 487 g/mol. The summed E-state index contributed by atoms with van der Waals surface area (Å²) in [6.45, 7) is 5.71. The zero-order valence-corrected chi connectivity index (χ0v) is 21.1. The average molecular weight is 488 g/mol. The van der Waals surface area contributed by atoms with Crippen molar-refractivity contribution in [3.05, 3.63) is 48.0 Å². The molecular formula is C25H33N3O3S2. The van der Waals surface area contributed by atoms with Gasteiger partial charge in [-0.1, -0.05) is 6.92 Å². The van der Waals surface area contributed by atoms with E-state index in [0.717, 1.165) is 36.5 Å². The molecule has 33 heavy (non-hydrogen) atoms. The Hall–Kier alpha value is -2.19. The summed E-state index contributed by atoms with van der Waals surface area (Å²) in [6, 6.07) is 12.4. The quantitative estimate of drug-likeness (QED) is 0.576. The normalized spacial score (nSPS) is 17.8. The number of carbonyl (C=O) groups is 1. The van der Waals surface area contributed by atoms with Gasteiger partial charge in [0.1, 0.15) is 0 Å². The largest absolute Gasteiger partial charge is 0.372 e. The molecule has 0 atom stereocenters. The van der Waals surface area contributed by atoms with Crippen molar-refractivity contribution in [1.82, 2.24) is 4.90 Å². The van der Waals surface area contributed by atoms with E-state index < -0.39 is 10.0 Å². The number of hydrogen-bond donors (Lipinski definition) is 1. The Kier molecular flexibility index (Phi) is 7.54. The number of sulfonamides is 1. The lowest BCUT2D eigenvalue weighted by Gasteiger charge is -2.30. The second-order valence-electron chi connectivity index (χ2n) is 9.04. The topological polar surface area (TPSA) is 69.7 Å². The summed E-state index contributed by atoms with van der Waals surface area (Å²) in [4.78, 5) is 18.3. The van der Waals surface area contributed by atoms with Crippen LogP contribution in [0.2, 0.25) is 0 Å². The van der Waals surface area contributed by atoms with Crippen LogP contribution in [-0.4, -0.2) is 51.7 Å². The molecule has 0 aromatic heterocycles. The Labute approximate surface area is 201 Å². The smallest absolute Gasteiger partial charge is 0.261 e. The van der Waals surface area contributed by atoms with Gasteiger partial charge in [0, 0.05) is 42.4 Å². The Balaban J connectivity index is 1.52. The maximum absolute atomic E-state index is 13.2. The number of anilines is 2. The van der Waals surface area contributed by atoms with Crippen LogP contribution in [0.3, 0.4) is 0 Å². The third-order valence-corrected chi connectivity index (χ3v) is 8.80. The van der Waals surface area contributed by atoms with Crippen molar-refractivity contribution in [2.45, 2.75) is 48.8 Å². The fraction of sp³-hybridized carbons (Fsp3) is 0.480. The van der Waals surface area contributed by atoms with Crippen LogP contribution in [0.5, 0.6) is 0 Å². The average Bonchev–Trinajstić information content (AvgIpc) is 2.84. The summed E-state index contributed by atoms with van der Waals surface area (Å²) in [7, 11) is -3.82. The van der Waals surface area contributed by atoms with Crippen LogP contribution >= 0.6 is 11.8 Å². The summed E-state index contributed by atoms with van der Waals surface area (Å²) in [5, 5.41) is 0. The molecule has 178 valence electrons. The molecule has 2 heterocycles. The minimum atomic E-state index is -3.82. The van der Waals surface area contributed by atoms with E-state index in [1.54, 1.807) is 24.3 Å². The number of rotatable bonds is 6. The molecule has 2 aromatic rings. The summed E-state index contributed by atoms with van der Waals surface area (Å²) in [6.07, 6.45) is 7.52. The first-order valence-electron chi connectivity index (χ1n) is 11.7. The van der Waals surface area contributed by atoms with E-state index >= 15 is 0 Å². The van der Waals surface area contributed by atoms with Crippen LogP contribution in [0.1, 0.15) is 49.4 Å². The fourth-order valence-electron chi connectivity index (χ4n) is 4.51. The lowest BCUT2D eigenvalue weighted by molar-refractivity contribution is 0.0693. The van der Waals surface area contributed by atoms with Gasteiger partial charge in [-0.25, -0.2) is 8.42 Å². The summed E-state index contributed by atoms with van der Waals surface area (Å²) >= 11 is 1.46. The highest BCUT2D eigenvalue weighted by atomic mass is 32.2. The van der Waals surface area contributed by atoms with Crippen LogP contribution in [-0.2, 0) is 10.0 Å². The number of nitrogens with zero attached hydrogens (tertiary/aromatic N) is 2. The lowest BCUT2D eigenvalue weighted by atomic mass is 9.98. The van der Waals surface area contributed by atoms with Gasteiger partial charge in [-0.15, -0.1) is 11.8 Å². The highest BCUT2D eigenvalue weighted by Crippen LogP contribution is 2.28. The van der Waals surface area contributed by atoms with Crippen molar-refractivity contribution in [2.24, 2.45) is 5.92 Å². The fourth-order valence-corrected chi connectivity index (χ4v) is 6.16. The molecule has 4 rings (SSSR count). The van der Waals surface area contributed by atoms with E-state index in [4.69, 9.17) is 0 Å². The molecule has 2 saturated heterocycles. The Bertz CT molecular complexity index is 1070. The van der Waals surface area contributed by atoms with Crippen molar-refractivity contribution in [3.8, 4) is 0 Å². The number of thioether (sulfide) groups is 1. The SMILES string of the molecule is CSc1ccc(S(=O)(=O)Nc2ccc(N3CCCCC3)cc2)cc1C(=O)N1CCC(C)CC1. The van der Waals surface area contributed by atoms with E-state index in [9.17, 15) is 13.2 Å². The predicted molar refractivity (Wildman–Crippen MR) is 136 cm³/mol. The van der Waals surface area contributed by atoms with Crippen LogP contribution in [0.4, 0.5) is 11.4 Å². The minimum Gasteiger partial charge on any atom is -0.372 e. The Morgan fingerprint density at radius 1 is 0.970 bits per heavy atom. The molecule has 0 bridgehead atoms. The van der Waals surface area contributed by atoms with E-state index in [0.29, 0.717) is 30.3 Å². The van der Waals surface area contributed by atoms with Crippen molar-refractivity contribution in [3.63, 3.8) is 0 Å². The minimum absolute atomic E-state index is 0.0887. The van der Waals surface area contributed by atoms with Gasteiger partial charge < -0.3 is 9.80 Å². The molecule has 0 unspecified atom stereocenters. The second-order valence-corrected chi connectivity index (χ2v) is 11.6. The molecule has 2 fully saturated rings. The van der Waals surface area contributed by atoms with Crippen LogP contribution in [0.15, 0.2) is 52.3 Å². The second kappa shape index (κ2) is 10.4. The molecule has 2 aliphatic heterocycles. The van der Waals surface area contributed by atoms with Crippen molar-refractivity contribution < 1.29 is 13.2 Å². The van der Waals surface area contributed by atoms with E-state index in [1.165, 1.54) is 37.1 Å². The third kappa shape index (κ3) is 5.66. The van der Waals surface area contributed by atoms with Gasteiger partial charge in [0.15, 0.2) is 0 Å². The number of likely N-dealkylation sites (tertiary alicyclic amines) is 1. The summed E-state index contributed by atoms with van der Waals surface area (Å²) in [5.74, 6) is 0.528. The third-order valence-electron chi connectivity index (χ3n) is 6.62. The molecule has 2 aromatic carbocycles. The highest BCUT2D eigenvalue weighted by Gasteiger charge is 2.25. The zero-order valence-electron chi connectivity index (χ0n) is 19.4. The standard InChI is InChI=1S/C25H33N3O3S2/c1-19-12-16-28(17-13-19)25(29)23-18-22(10-11-24(23)32-2)33(30,31)26-20-6-8-21(9-7-20)27-14-4-3-5-15-27/h6-11,18-19,26H,3-5,12-17H2,1-2H3. The first-order valence-corrected chi connectivity index (χ1v) is 14.4. The Morgan fingerprint density at radius 3 is 2.27 bits per heavy atom. The predicted octanol–water partition coefficient (Wildman–Crippen LogP) is 5.07. The molecule has 8 heteroatoms. The van der Waals surface area contributed by atoms with E-state index in [-0.39, 0.29) is 10.8 Å². The van der Waals surface area contributed by atoms with Gasteiger partial charge >= 0.3 is 0 Å². The number of piperidine rings is 2. The molecule has 6 nitrogen and oxygen atoms in total. The molecule has 0 spiro atoms. The van der Waals surface area contributed by atoms with Crippen LogP contribution in [0, 0.1) is 5.92 Å². The molecule has 0 saturated carbocycles. The van der Waals surface area contributed by atoms with Gasteiger partial charge in [-0.05, 0) is 86.7 Å². The van der Waals surface area contributed by atoms with Gasteiger partial charge in [-0.2, -0.15) is 0 Å². The molecule has 2 aliphatic rings. The number of benzene rings is 2. The van der Waals surface area contributed by atoms with Gasteiger partial charge in [0.25, 0.3) is 15.9 Å². The van der Waals surface area contributed by atoms with E-state index in [1.807, 2.05) is 23.3 Å². The number of carbonyl (C=O) groups excluding carboxylic acids is 1. The first kappa shape index (κ1) is 24.0. The summed E-state index contributed by atoms with van der Waals surface area (Å²) < 4.78 is 28.9. The molecule has 1 amide bonds. The van der Waals surface area contributed by atoms with Crippen LogP contribution < -0.4 is 9.62 Å².